The van der Waals surface area contributed by atoms with Gasteiger partial charge in [0.25, 0.3) is 0 Å². The Bertz CT molecular complexity index is 346. The van der Waals surface area contributed by atoms with E-state index < -0.39 is 0 Å². The predicted molar refractivity (Wildman–Crippen MR) is 70.8 cm³/mol. The van der Waals surface area contributed by atoms with Crippen LogP contribution in [-0.2, 0) is 6.54 Å². The van der Waals surface area contributed by atoms with Crippen molar-refractivity contribution in [2.75, 3.05) is 12.3 Å². The van der Waals surface area contributed by atoms with Crippen LogP contribution in [0.1, 0.15) is 31.2 Å². The number of aromatic nitrogens is 1. The first kappa shape index (κ1) is 11.9. The minimum Gasteiger partial charge on any atom is -0.310 e. The van der Waals surface area contributed by atoms with Gasteiger partial charge in [0.1, 0.15) is 0 Å². The van der Waals surface area contributed by atoms with Gasteiger partial charge >= 0.3 is 0 Å². The number of pyridine rings is 1. The summed E-state index contributed by atoms with van der Waals surface area (Å²) in [6.07, 6.45) is 2.71. The lowest BCUT2D eigenvalue weighted by Crippen LogP contribution is -2.32. The zero-order valence-electron chi connectivity index (χ0n) is 10.1. The third kappa shape index (κ3) is 3.22. The number of rotatable bonds is 4. The maximum absolute atomic E-state index is 4.49. The Morgan fingerprint density at radius 3 is 3.06 bits per heavy atom. The van der Waals surface area contributed by atoms with Gasteiger partial charge in [-0.05, 0) is 44.6 Å². The number of aryl methyl sites for hydroxylation is 1. The van der Waals surface area contributed by atoms with Gasteiger partial charge in [-0.25, -0.2) is 0 Å². The molecule has 0 amide bonds. The molecule has 0 radical (unpaired) electrons. The first-order valence-electron chi connectivity index (χ1n) is 5.95. The smallest absolute Gasteiger partial charge is 0.0544 e. The van der Waals surface area contributed by atoms with Gasteiger partial charge in [0.15, 0.2) is 0 Å². The lowest BCUT2D eigenvalue weighted by molar-refractivity contribution is 0.533. The van der Waals surface area contributed by atoms with E-state index in [0.717, 1.165) is 24.5 Å². The zero-order chi connectivity index (χ0) is 11.4. The fourth-order valence-corrected chi connectivity index (χ4v) is 3.40. The van der Waals surface area contributed by atoms with Gasteiger partial charge in [0.2, 0.25) is 0 Å². The molecule has 0 spiro atoms. The van der Waals surface area contributed by atoms with Crippen LogP contribution in [-0.4, -0.2) is 22.0 Å². The van der Waals surface area contributed by atoms with Crippen molar-refractivity contribution >= 4 is 11.8 Å². The van der Waals surface area contributed by atoms with Crippen molar-refractivity contribution in [2.45, 2.75) is 38.0 Å². The first-order valence-corrected chi connectivity index (χ1v) is 6.94. The molecule has 0 saturated carbocycles. The monoisotopic (exact) mass is 236 g/mol. The summed E-state index contributed by atoms with van der Waals surface area (Å²) in [7, 11) is 0. The van der Waals surface area contributed by atoms with Crippen molar-refractivity contribution in [3.63, 3.8) is 0 Å². The fraction of sp³-hybridized carbons (Fsp3) is 0.615. The predicted octanol–water partition coefficient (Wildman–Crippen LogP) is 2.77. The van der Waals surface area contributed by atoms with E-state index in [1.54, 1.807) is 0 Å². The van der Waals surface area contributed by atoms with Crippen molar-refractivity contribution in [1.29, 1.82) is 0 Å². The molecule has 1 aromatic heterocycles. The maximum Gasteiger partial charge on any atom is 0.0544 e. The van der Waals surface area contributed by atoms with Crippen LogP contribution >= 0.6 is 11.8 Å². The molecule has 1 unspecified atom stereocenters. The SMILES string of the molecule is Cc1cccc(CNCC2(C)CCCS2)n1. The van der Waals surface area contributed by atoms with E-state index in [9.17, 15) is 0 Å². The Morgan fingerprint density at radius 2 is 2.38 bits per heavy atom. The summed E-state index contributed by atoms with van der Waals surface area (Å²) >= 11 is 2.10. The van der Waals surface area contributed by atoms with E-state index in [1.807, 2.05) is 13.0 Å². The van der Waals surface area contributed by atoms with Crippen molar-refractivity contribution in [1.82, 2.24) is 10.3 Å². The average molecular weight is 236 g/mol. The molecule has 1 aliphatic heterocycles. The molecule has 3 heteroatoms. The normalized spacial score (nSPS) is 24.9. The molecule has 1 saturated heterocycles. The summed E-state index contributed by atoms with van der Waals surface area (Å²) < 4.78 is 0.448. The Kier molecular flexibility index (Phi) is 3.87. The van der Waals surface area contributed by atoms with Gasteiger partial charge in [-0.3, -0.25) is 4.98 Å². The van der Waals surface area contributed by atoms with Crippen LogP contribution in [0.4, 0.5) is 0 Å². The lowest BCUT2D eigenvalue weighted by Gasteiger charge is -2.22. The number of thioether (sulfide) groups is 1. The first-order chi connectivity index (χ1) is 7.68. The second kappa shape index (κ2) is 5.19. The van der Waals surface area contributed by atoms with Crippen molar-refractivity contribution in [3.05, 3.63) is 29.6 Å². The van der Waals surface area contributed by atoms with E-state index in [4.69, 9.17) is 0 Å². The lowest BCUT2D eigenvalue weighted by atomic mass is 10.1. The number of nitrogens with one attached hydrogen (secondary N) is 1. The molecule has 1 N–H and O–H groups in total. The summed E-state index contributed by atoms with van der Waals surface area (Å²) in [5, 5.41) is 3.53. The van der Waals surface area contributed by atoms with Crippen LogP contribution in [0.15, 0.2) is 18.2 Å². The third-order valence-electron chi connectivity index (χ3n) is 3.05. The van der Waals surface area contributed by atoms with Gasteiger partial charge in [-0.1, -0.05) is 6.07 Å². The van der Waals surface area contributed by atoms with Gasteiger partial charge in [0, 0.05) is 23.5 Å². The Hall–Kier alpha value is -0.540. The van der Waals surface area contributed by atoms with Crippen molar-refractivity contribution in [2.24, 2.45) is 0 Å². The van der Waals surface area contributed by atoms with E-state index in [0.29, 0.717) is 4.75 Å². The van der Waals surface area contributed by atoms with Crippen LogP contribution in [0, 0.1) is 6.92 Å². The van der Waals surface area contributed by atoms with Crippen LogP contribution in [0.25, 0.3) is 0 Å². The standard InChI is InChI=1S/C13H20N2S/c1-11-5-3-6-12(15-11)9-14-10-13(2)7-4-8-16-13/h3,5-6,14H,4,7-10H2,1-2H3. The molecular weight excluding hydrogens is 216 g/mol. The van der Waals surface area contributed by atoms with Crippen LogP contribution in [0.3, 0.4) is 0 Å². The molecule has 1 atom stereocenters. The summed E-state index contributed by atoms with van der Waals surface area (Å²) in [6, 6.07) is 6.20. The highest BCUT2D eigenvalue weighted by atomic mass is 32.2. The van der Waals surface area contributed by atoms with Gasteiger partial charge in [0.05, 0.1) is 5.69 Å². The molecule has 2 heterocycles. The maximum atomic E-state index is 4.49. The Labute approximate surface area is 102 Å². The highest BCUT2D eigenvalue weighted by molar-refractivity contribution is 8.00. The summed E-state index contributed by atoms with van der Waals surface area (Å²) in [5.41, 5.74) is 2.24. The number of hydrogen-bond donors (Lipinski definition) is 1. The Balaban J connectivity index is 1.79. The third-order valence-corrected chi connectivity index (χ3v) is 4.59. The summed E-state index contributed by atoms with van der Waals surface area (Å²) in [4.78, 5) is 4.49. The largest absolute Gasteiger partial charge is 0.310 e. The minimum atomic E-state index is 0.448. The molecular formula is C13H20N2S. The molecule has 0 aromatic carbocycles. The molecule has 0 bridgehead atoms. The number of hydrogen-bond acceptors (Lipinski definition) is 3. The minimum absolute atomic E-state index is 0.448. The molecule has 1 aromatic rings. The average Bonchev–Trinajstić information content (AvgIpc) is 2.65. The van der Waals surface area contributed by atoms with Gasteiger partial charge < -0.3 is 5.32 Å². The van der Waals surface area contributed by atoms with Crippen molar-refractivity contribution < 1.29 is 0 Å². The van der Waals surface area contributed by atoms with Gasteiger partial charge in [-0.2, -0.15) is 11.8 Å². The van der Waals surface area contributed by atoms with E-state index >= 15 is 0 Å². The second-order valence-electron chi connectivity index (χ2n) is 4.78. The molecule has 88 valence electrons. The summed E-state index contributed by atoms with van der Waals surface area (Å²) in [5.74, 6) is 1.32. The van der Waals surface area contributed by atoms with Crippen LogP contribution < -0.4 is 5.32 Å². The molecule has 0 aliphatic carbocycles. The van der Waals surface area contributed by atoms with E-state index in [2.05, 4.69) is 41.1 Å². The van der Waals surface area contributed by atoms with E-state index in [1.165, 1.54) is 18.6 Å². The zero-order valence-corrected chi connectivity index (χ0v) is 10.9. The molecule has 1 aliphatic rings. The van der Waals surface area contributed by atoms with Crippen LogP contribution in [0.5, 0.6) is 0 Å². The van der Waals surface area contributed by atoms with Gasteiger partial charge in [-0.15, -0.1) is 0 Å². The molecule has 1 fully saturated rings. The fourth-order valence-electron chi connectivity index (χ4n) is 2.13. The van der Waals surface area contributed by atoms with Crippen molar-refractivity contribution in [3.8, 4) is 0 Å². The second-order valence-corrected chi connectivity index (χ2v) is 6.46. The molecule has 16 heavy (non-hydrogen) atoms. The van der Waals surface area contributed by atoms with E-state index in [-0.39, 0.29) is 0 Å². The summed E-state index contributed by atoms with van der Waals surface area (Å²) in [6.45, 7) is 6.38. The topological polar surface area (TPSA) is 24.9 Å². The molecule has 2 nitrogen and oxygen atoms in total. The Morgan fingerprint density at radius 1 is 1.50 bits per heavy atom. The highest BCUT2D eigenvalue weighted by Crippen LogP contribution is 2.36. The highest BCUT2D eigenvalue weighted by Gasteiger charge is 2.28. The molecule has 2 rings (SSSR count). The quantitative estimate of drug-likeness (QED) is 0.870. The number of nitrogens with zero attached hydrogens (tertiary/aromatic N) is 1. The van der Waals surface area contributed by atoms with Crippen LogP contribution in [0.2, 0.25) is 0 Å².